The third-order valence-electron chi connectivity index (χ3n) is 3.04. The van der Waals surface area contributed by atoms with Crippen LogP contribution >= 0.6 is 0 Å². The molecular formula is C15H11NO4. The van der Waals surface area contributed by atoms with Crippen molar-refractivity contribution in [3.05, 3.63) is 58.4 Å². The number of aromatic nitrogens is 1. The first-order chi connectivity index (χ1) is 9.69. The molecular weight excluding hydrogens is 258 g/mol. The van der Waals surface area contributed by atoms with Gasteiger partial charge >= 0.3 is 0 Å². The van der Waals surface area contributed by atoms with E-state index in [2.05, 4.69) is 4.98 Å². The molecule has 0 fully saturated rings. The summed E-state index contributed by atoms with van der Waals surface area (Å²) in [5, 5.41) is 19.1. The molecule has 0 bridgehead atoms. The van der Waals surface area contributed by atoms with E-state index < -0.39 is 0 Å². The van der Waals surface area contributed by atoms with Gasteiger partial charge in [0.05, 0.1) is 12.0 Å². The van der Waals surface area contributed by atoms with E-state index in [9.17, 15) is 9.90 Å². The Hall–Kier alpha value is -2.66. The van der Waals surface area contributed by atoms with Crippen LogP contribution in [0.3, 0.4) is 0 Å². The normalized spacial score (nSPS) is 10.8. The molecule has 0 aliphatic rings. The average Bonchev–Trinajstić information content (AvgIpc) is 2.47. The molecule has 5 heteroatoms. The van der Waals surface area contributed by atoms with Gasteiger partial charge in [0.1, 0.15) is 11.5 Å². The number of rotatable bonds is 2. The third kappa shape index (κ3) is 2.04. The Labute approximate surface area is 113 Å². The molecule has 0 amide bonds. The van der Waals surface area contributed by atoms with Gasteiger partial charge in [-0.2, -0.15) is 0 Å². The molecule has 1 aromatic carbocycles. The summed E-state index contributed by atoms with van der Waals surface area (Å²) in [7, 11) is 0. The molecule has 3 aromatic rings. The number of hydrogen-bond acceptors (Lipinski definition) is 5. The van der Waals surface area contributed by atoms with Crippen molar-refractivity contribution in [3.8, 4) is 17.1 Å². The van der Waals surface area contributed by atoms with E-state index in [0.717, 1.165) is 0 Å². The summed E-state index contributed by atoms with van der Waals surface area (Å²) >= 11 is 0. The predicted molar refractivity (Wildman–Crippen MR) is 73.3 cm³/mol. The second-order valence-electron chi connectivity index (χ2n) is 4.33. The number of fused-ring (bicyclic) bond motifs is 1. The van der Waals surface area contributed by atoms with Crippen molar-refractivity contribution in [1.29, 1.82) is 0 Å². The summed E-state index contributed by atoms with van der Waals surface area (Å²) < 4.78 is 5.59. The van der Waals surface area contributed by atoms with Gasteiger partial charge in [-0.05, 0) is 30.3 Å². The number of aliphatic hydroxyl groups excluding tert-OH is 1. The van der Waals surface area contributed by atoms with Crippen LogP contribution in [0, 0.1) is 0 Å². The summed E-state index contributed by atoms with van der Waals surface area (Å²) in [6, 6.07) is 9.32. The summed E-state index contributed by atoms with van der Waals surface area (Å²) in [5.74, 6) is 0.341. The van der Waals surface area contributed by atoms with Crippen LogP contribution in [-0.4, -0.2) is 15.2 Å². The molecule has 0 spiro atoms. The first kappa shape index (κ1) is 12.4. The molecule has 0 radical (unpaired) electrons. The molecule has 2 aromatic heterocycles. The van der Waals surface area contributed by atoms with Crippen LogP contribution in [0.15, 0.2) is 51.8 Å². The fourth-order valence-electron chi connectivity index (χ4n) is 2.00. The number of aliphatic hydroxyl groups is 1. The highest BCUT2D eigenvalue weighted by atomic mass is 16.3. The van der Waals surface area contributed by atoms with Crippen molar-refractivity contribution in [3.63, 3.8) is 0 Å². The van der Waals surface area contributed by atoms with Gasteiger partial charge in [0.2, 0.25) is 5.71 Å². The van der Waals surface area contributed by atoms with E-state index in [0.29, 0.717) is 22.3 Å². The second-order valence-corrected chi connectivity index (χ2v) is 4.33. The van der Waals surface area contributed by atoms with Crippen LogP contribution < -0.4 is 5.43 Å². The molecule has 20 heavy (non-hydrogen) atoms. The first-order valence-corrected chi connectivity index (χ1v) is 6.01. The maximum absolute atomic E-state index is 12.0. The standard InChI is InChI=1S/C15H11NO4/c17-8-10-6-9(3-4-12(10)18)14-7-13(19)11-2-1-5-16-15(11)20-14/h1-7,17-18H,8H2. The highest BCUT2D eigenvalue weighted by molar-refractivity contribution is 5.75. The molecule has 2 N–H and O–H groups in total. The third-order valence-corrected chi connectivity index (χ3v) is 3.04. The van der Waals surface area contributed by atoms with Gasteiger partial charge in [0, 0.05) is 23.4 Å². The fourth-order valence-corrected chi connectivity index (χ4v) is 2.00. The number of aromatic hydroxyl groups is 1. The minimum Gasteiger partial charge on any atom is -0.508 e. The van der Waals surface area contributed by atoms with E-state index in [1.807, 2.05) is 0 Å². The van der Waals surface area contributed by atoms with Crippen LogP contribution in [0.1, 0.15) is 5.56 Å². The molecule has 0 atom stereocenters. The molecule has 5 nitrogen and oxygen atoms in total. The topological polar surface area (TPSA) is 83.6 Å². The Morgan fingerprint density at radius 1 is 1.20 bits per heavy atom. The lowest BCUT2D eigenvalue weighted by molar-refractivity contribution is 0.275. The van der Waals surface area contributed by atoms with Gasteiger partial charge in [-0.15, -0.1) is 0 Å². The van der Waals surface area contributed by atoms with Crippen LogP contribution in [-0.2, 0) is 6.61 Å². The van der Waals surface area contributed by atoms with Crippen molar-refractivity contribution in [2.24, 2.45) is 0 Å². The average molecular weight is 269 g/mol. The molecule has 0 unspecified atom stereocenters. The molecule has 2 heterocycles. The Bertz CT molecular complexity index is 839. The van der Waals surface area contributed by atoms with Gasteiger partial charge in [-0.1, -0.05) is 0 Å². The van der Waals surface area contributed by atoms with E-state index in [4.69, 9.17) is 9.52 Å². The SMILES string of the molecule is O=c1cc(-c2ccc(O)c(CO)c2)oc2ncccc12. The zero-order chi connectivity index (χ0) is 14.1. The zero-order valence-electron chi connectivity index (χ0n) is 10.4. The van der Waals surface area contributed by atoms with Crippen molar-refractivity contribution < 1.29 is 14.6 Å². The Balaban J connectivity index is 2.22. The van der Waals surface area contributed by atoms with Crippen LogP contribution in [0.4, 0.5) is 0 Å². The Morgan fingerprint density at radius 2 is 2.05 bits per heavy atom. The van der Waals surface area contributed by atoms with E-state index >= 15 is 0 Å². The second kappa shape index (κ2) is 4.79. The smallest absolute Gasteiger partial charge is 0.230 e. The van der Waals surface area contributed by atoms with Gasteiger partial charge in [-0.3, -0.25) is 4.79 Å². The number of hydrogen-bond donors (Lipinski definition) is 2. The number of phenols is 1. The molecule has 3 rings (SSSR count). The van der Waals surface area contributed by atoms with Gasteiger partial charge in [0.15, 0.2) is 5.43 Å². The lowest BCUT2D eigenvalue weighted by Gasteiger charge is -2.05. The molecule has 100 valence electrons. The van der Waals surface area contributed by atoms with Crippen molar-refractivity contribution in [2.45, 2.75) is 6.61 Å². The summed E-state index contributed by atoms with van der Waals surface area (Å²) in [6.45, 7) is -0.296. The minimum atomic E-state index is -0.296. The maximum Gasteiger partial charge on any atom is 0.230 e. The van der Waals surface area contributed by atoms with Crippen molar-refractivity contribution in [1.82, 2.24) is 4.98 Å². The lowest BCUT2D eigenvalue weighted by Crippen LogP contribution is -2.01. The Morgan fingerprint density at radius 3 is 2.85 bits per heavy atom. The molecule has 0 aliphatic carbocycles. The summed E-state index contributed by atoms with van der Waals surface area (Å²) in [5.41, 5.74) is 1.03. The van der Waals surface area contributed by atoms with Crippen LogP contribution in [0.5, 0.6) is 5.75 Å². The molecule has 0 saturated heterocycles. The van der Waals surface area contributed by atoms with E-state index in [1.54, 1.807) is 30.5 Å². The lowest BCUT2D eigenvalue weighted by atomic mass is 10.1. The van der Waals surface area contributed by atoms with Crippen molar-refractivity contribution in [2.75, 3.05) is 0 Å². The van der Waals surface area contributed by atoms with Gasteiger partial charge < -0.3 is 14.6 Å². The summed E-state index contributed by atoms with van der Waals surface area (Å²) in [4.78, 5) is 16.0. The fraction of sp³-hybridized carbons (Fsp3) is 0.0667. The van der Waals surface area contributed by atoms with Gasteiger partial charge in [-0.25, -0.2) is 4.98 Å². The predicted octanol–water partition coefficient (Wildman–Crippen LogP) is 2.05. The molecule has 0 aliphatic heterocycles. The van der Waals surface area contributed by atoms with Crippen LogP contribution in [0.2, 0.25) is 0 Å². The quantitative estimate of drug-likeness (QED) is 0.744. The van der Waals surface area contributed by atoms with Gasteiger partial charge in [0.25, 0.3) is 0 Å². The van der Waals surface area contributed by atoms with E-state index in [1.165, 1.54) is 12.1 Å². The highest BCUT2D eigenvalue weighted by Crippen LogP contribution is 2.26. The first-order valence-electron chi connectivity index (χ1n) is 6.01. The monoisotopic (exact) mass is 269 g/mol. The number of nitrogens with zero attached hydrogens (tertiary/aromatic N) is 1. The maximum atomic E-state index is 12.0. The highest BCUT2D eigenvalue weighted by Gasteiger charge is 2.09. The van der Waals surface area contributed by atoms with E-state index in [-0.39, 0.29) is 23.5 Å². The largest absolute Gasteiger partial charge is 0.508 e. The number of pyridine rings is 1. The zero-order valence-corrected chi connectivity index (χ0v) is 10.4. The van der Waals surface area contributed by atoms with Crippen molar-refractivity contribution >= 4 is 11.1 Å². The Kier molecular flexibility index (Phi) is 2.96. The molecule has 0 saturated carbocycles. The minimum absolute atomic E-state index is 0.00230. The van der Waals surface area contributed by atoms with Crippen LogP contribution in [0.25, 0.3) is 22.4 Å². The summed E-state index contributed by atoms with van der Waals surface area (Å²) in [6.07, 6.45) is 1.55. The number of benzene rings is 1.